The van der Waals surface area contributed by atoms with Crippen molar-refractivity contribution in [1.29, 1.82) is 0 Å². The van der Waals surface area contributed by atoms with Crippen LogP contribution in [0.3, 0.4) is 0 Å². The number of urea groups is 1. The molecule has 0 bridgehead atoms. The highest BCUT2D eigenvalue weighted by atomic mass is 16.6. The van der Waals surface area contributed by atoms with Crippen molar-refractivity contribution in [3.63, 3.8) is 0 Å². The monoisotopic (exact) mass is 233 g/mol. The molecule has 0 aromatic heterocycles. The third kappa shape index (κ3) is 7.42. The van der Waals surface area contributed by atoms with Crippen LogP contribution in [0.4, 0.5) is 9.59 Å². The molecule has 8 nitrogen and oxygen atoms in total. The zero-order chi connectivity index (χ0) is 12.6. The number of carbonyl (C=O) groups is 3. The quantitative estimate of drug-likeness (QED) is 0.450. The van der Waals surface area contributed by atoms with Gasteiger partial charge in [0.15, 0.2) is 0 Å². The zero-order valence-corrected chi connectivity index (χ0v) is 9.33. The Labute approximate surface area is 92.6 Å². The van der Waals surface area contributed by atoms with Crippen molar-refractivity contribution in [1.82, 2.24) is 16.2 Å². The van der Waals surface area contributed by atoms with E-state index in [4.69, 9.17) is 0 Å². The van der Waals surface area contributed by atoms with Crippen LogP contribution in [0, 0.1) is 0 Å². The van der Waals surface area contributed by atoms with Crippen molar-refractivity contribution in [2.24, 2.45) is 0 Å². The average Bonchev–Trinajstić information content (AvgIpc) is 2.22. The zero-order valence-electron chi connectivity index (χ0n) is 9.33. The van der Waals surface area contributed by atoms with Gasteiger partial charge in [0.05, 0.1) is 13.2 Å². The van der Waals surface area contributed by atoms with E-state index < -0.39 is 18.1 Å². The summed E-state index contributed by atoms with van der Waals surface area (Å²) >= 11 is 0. The largest absolute Gasteiger partial charge is 0.468 e. The summed E-state index contributed by atoms with van der Waals surface area (Å²) in [5, 5.41) is 2.15. The first-order valence-corrected chi connectivity index (χ1v) is 4.53. The molecule has 8 heteroatoms. The molecule has 0 fully saturated rings. The molecule has 0 saturated heterocycles. The number of rotatable bonds is 3. The van der Waals surface area contributed by atoms with Gasteiger partial charge in [0.1, 0.15) is 6.54 Å². The second kappa shape index (κ2) is 7.32. The predicted molar refractivity (Wildman–Crippen MR) is 53.3 cm³/mol. The van der Waals surface area contributed by atoms with E-state index in [0.717, 1.165) is 0 Å². The summed E-state index contributed by atoms with van der Waals surface area (Å²) in [6, 6.07) is -0.744. The number of methoxy groups -OCH3 is 1. The highest BCUT2D eigenvalue weighted by molar-refractivity contribution is 5.82. The molecule has 3 N–H and O–H groups in total. The van der Waals surface area contributed by atoms with Gasteiger partial charge in [-0.25, -0.2) is 20.4 Å². The van der Waals surface area contributed by atoms with E-state index in [-0.39, 0.29) is 12.6 Å². The maximum absolute atomic E-state index is 11.0. The van der Waals surface area contributed by atoms with Crippen LogP contribution in [0.1, 0.15) is 13.8 Å². The van der Waals surface area contributed by atoms with Crippen LogP contribution < -0.4 is 16.2 Å². The minimum atomic E-state index is -0.789. The van der Waals surface area contributed by atoms with Crippen molar-refractivity contribution >= 4 is 18.1 Å². The van der Waals surface area contributed by atoms with Crippen molar-refractivity contribution in [3.8, 4) is 0 Å². The highest BCUT2D eigenvalue weighted by Gasteiger charge is 2.07. The molecule has 0 aromatic carbocycles. The lowest BCUT2D eigenvalue weighted by atomic mass is 10.5. The lowest BCUT2D eigenvalue weighted by Gasteiger charge is -2.10. The molecule has 0 aliphatic heterocycles. The second-order valence-corrected chi connectivity index (χ2v) is 2.96. The highest BCUT2D eigenvalue weighted by Crippen LogP contribution is 1.86. The van der Waals surface area contributed by atoms with Crippen molar-refractivity contribution < 1.29 is 23.9 Å². The van der Waals surface area contributed by atoms with Gasteiger partial charge in [-0.3, -0.25) is 4.79 Å². The molecule has 0 rings (SSSR count). The van der Waals surface area contributed by atoms with Crippen molar-refractivity contribution in [2.75, 3.05) is 13.7 Å². The molecule has 0 aliphatic carbocycles. The van der Waals surface area contributed by atoms with E-state index in [9.17, 15) is 14.4 Å². The number of nitrogens with one attached hydrogen (secondary N) is 3. The minimum absolute atomic E-state index is 0.288. The lowest BCUT2D eigenvalue weighted by molar-refractivity contribution is -0.139. The standard InChI is InChI=1S/C8H15N3O5/c1-5(2)16-8(14)11-10-7(13)9-4-6(12)15-3/h5H,4H2,1-3H3,(H,11,14)(H2,9,10,13). The first-order valence-electron chi connectivity index (χ1n) is 4.53. The van der Waals surface area contributed by atoms with Crippen LogP contribution in [-0.4, -0.2) is 37.9 Å². The number of ether oxygens (including phenoxy) is 2. The van der Waals surface area contributed by atoms with Gasteiger partial charge < -0.3 is 14.8 Å². The fourth-order valence-corrected chi connectivity index (χ4v) is 0.620. The molecule has 0 aliphatic rings. The normalized spacial score (nSPS) is 9.25. The third-order valence-corrected chi connectivity index (χ3v) is 1.24. The molecule has 3 amide bonds. The van der Waals surface area contributed by atoms with Crippen LogP contribution in [0.2, 0.25) is 0 Å². The van der Waals surface area contributed by atoms with E-state index in [1.165, 1.54) is 7.11 Å². The Morgan fingerprint density at radius 2 is 1.81 bits per heavy atom. The van der Waals surface area contributed by atoms with E-state index in [1.54, 1.807) is 13.8 Å². The summed E-state index contributed by atoms with van der Waals surface area (Å²) in [4.78, 5) is 32.5. The first-order chi connectivity index (χ1) is 7.45. The summed E-state index contributed by atoms with van der Waals surface area (Å²) in [7, 11) is 1.19. The van der Waals surface area contributed by atoms with Crippen LogP contribution in [0.15, 0.2) is 0 Å². The van der Waals surface area contributed by atoms with Gasteiger partial charge in [0, 0.05) is 0 Å². The summed E-state index contributed by atoms with van der Waals surface area (Å²) in [5.41, 5.74) is 3.97. The number of amides is 3. The van der Waals surface area contributed by atoms with Crippen molar-refractivity contribution in [2.45, 2.75) is 20.0 Å². The fourth-order valence-electron chi connectivity index (χ4n) is 0.620. The van der Waals surface area contributed by atoms with Crippen LogP contribution >= 0.6 is 0 Å². The molecule has 0 atom stereocenters. The van der Waals surface area contributed by atoms with Gasteiger partial charge in [-0.15, -0.1) is 0 Å². The summed E-state index contributed by atoms with van der Waals surface area (Å²) < 4.78 is 8.95. The van der Waals surface area contributed by atoms with E-state index in [1.807, 2.05) is 10.9 Å². The molecule has 0 unspecified atom stereocenters. The van der Waals surface area contributed by atoms with Gasteiger partial charge in [-0.2, -0.15) is 0 Å². The van der Waals surface area contributed by atoms with Gasteiger partial charge in [0.25, 0.3) is 0 Å². The second-order valence-electron chi connectivity index (χ2n) is 2.96. The Kier molecular flexibility index (Phi) is 6.41. The average molecular weight is 233 g/mol. The smallest absolute Gasteiger partial charge is 0.426 e. The summed E-state index contributed by atoms with van der Waals surface area (Å²) in [5.74, 6) is -0.597. The fraction of sp³-hybridized carbons (Fsp3) is 0.625. The van der Waals surface area contributed by atoms with Crippen LogP contribution in [0.5, 0.6) is 0 Å². The van der Waals surface area contributed by atoms with Crippen LogP contribution in [-0.2, 0) is 14.3 Å². The molecule has 0 radical (unpaired) electrons. The minimum Gasteiger partial charge on any atom is -0.468 e. The molecule has 0 heterocycles. The van der Waals surface area contributed by atoms with E-state index in [2.05, 4.69) is 14.8 Å². The number of hydrogen-bond acceptors (Lipinski definition) is 5. The molecule has 92 valence electrons. The number of carbonyl (C=O) groups excluding carboxylic acids is 3. The number of esters is 1. The molecule has 16 heavy (non-hydrogen) atoms. The van der Waals surface area contributed by atoms with Crippen LogP contribution in [0.25, 0.3) is 0 Å². The SMILES string of the molecule is COC(=O)CNC(=O)NNC(=O)OC(C)C. The molecular weight excluding hydrogens is 218 g/mol. The van der Waals surface area contributed by atoms with Gasteiger partial charge in [0.2, 0.25) is 0 Å². The molecule has 0 spiro atoms. The third-order valence-electron chi connectivity index (χ3n) is 1.24. The Hall–Kier alpha value is -1.99. The summed E-state index contributed by atoms with van der Waals surface area (Å²) in [6.45, 7) is 3.04. The molecule has 0 saturated carbocycles. The molecule has 0 aromatic rings. The van der Waals surface area contributed by atoms with Gasteiger partial charge >= 0.3 is 18.1 Å². The van der Waals surface area contributed by atoms with Gasteiger partial charge in [-0.1, -0.05) is 0 Å². The Morgan fingerprint density at radius 3 is 2.31 bits per heavy atom. The maximum Gasteiger partial charge on any atom is 0.426 e. The topological polar surface area (TPSA) is 106 Å². The number of hydrogen-bond donors (Lipinski definition) is 3. The Bertz CT molecular complexity index is 266. The van der Waals surface area contributed by atoms with Crippen molar-refractivity contribution in [3.05, 3.63) is 0 Å². The summed E-state index contributed by atoms with van der Waals surface area (Å²) in [6.07, 6.45) is -1.08. The first kappa shape index (κ1) is 14.0. The number of hydrazine groups is 1. The Balaban J connectivity index is 3.65. The predicted octanol–water partition coefficient (Wildman–Crippen LogP) is -0.492. The van der Waals surface area contributed by atoms with Gasteiger partial charge in [-0.05, 0) is 13.8 Å². The molecular formula is C8H15N3O5. The Morgan fingerprint density at radius 1 is 1.19 bits per heavy atom. The lowest BCUT2D eigenvalue weighted by Crippen LogP contribution is -2.48. The van der Waals surface area contributed by atoms with E-state index in [0.29, 0.717) is 0 Å². The maximum atomic E-state index is 11.0. The van der Waals surface area contributed by atoms with E-state index >= 15 is 0 Å².